The molecule has 0 spiro atoms. The van der Waals surface area contributed by atoms with Crippen LogP contribution in [-0.2, 0) is 19.3 Å². The van der Waals surface area contributed by atoms with Crippen LogP contribution in [-0.4, -0.2) is 10.5 Å². The minimum atomic E-state index is -4.58. The topological polar surface area (TPSA) is 64.2 Å². The highest BCUT2D eigenvalue weighted by Gasteiger charge is 2.34. The first-order chi connectivity index (χ1) is 12.3. The summed E-state index contributed by atoms with van der Waals surface area (Å²) < 4.78 is 43.8. The Morgan fingerprint density at radius 1 is 1.31 bits per heavy atom. The van der Waals surface area contributed by atoms with Gasteiger partial charge in [-0.05, 0) is 30.5 Å². The van der Waals surface area contributed by atoms with Crippen LogP contribution in [0.1, 0.15) is 31.8 Å². The van der Waals surface area contributed by atoms with E-state index >= 15 is 0 Å². The van der Waals surface area contributed by atoms with Gasteiger partial charge in [0, 0.05) is 10.6 Å². The summed E-state index contributed by atoms with van der Waals surface area (Å²) in [6.45, 7) is 1.75. The van der Waals surface area contributed by atoms with Crippen LogP contribution in [0, 0.1) is 6.92 Å². The summed E-state index contributed by atoms with van der Waals surface area (Å²) in [6.07, 6.45) is -4.58. The van der Waals surface area contributed by atoms with Crippen molar-refractivity contribution in [2.45, 2.75) is 26.2 Å². The van der Waals surface area contributed by atoms with Crippen LogP contribution in [0.15, 0.2) is 38.9 Å². The molecular weight excluding hydrogens is 389 g/mol. The number of rotatable bonds is 5. The predicted octanol–water partition coefficient (Wildman–Crippen LogP) is 3.87. The van der Waals surface area contributed by atoms with Gasteiger partial charge in [-0.15, -0.1) is 11.3 Å². The molecule has 138 valence electrons. The van der Waals surface area contributed by atoms with Crippen molar-refractivity contribution in [1.29, 1.82) is 0 Å². The second kappa shape index (κ2) is 7.12. The molecule has 10 heteroatoms. The number of halogens is 3. The third-order valence-corrected chi connectivity index (χ3v) is 5.56. The molecule has 0 aliphatic rings. The lowest BCUT2D eigenvalue weighted by Gasteiger charge is -2.05. The molecule has 0 atom stereocenters. The van der Waals surface area contributed by atoms with E-state index in [0.29, 0.717) is 12.2 Å². The number of thiazole rings is 1. The van der Waals surface area contributed by atoms with E-state index in [1.54, 1.807) is 6.92 Å². The zero-order chi connectivity index (χ0) is 18.9. The van der Waals surface area contributed by atoms with Crippen LogP contribution in [0.2, 0.25) is 0 Å². The summed E-state index contributed by atoms with van der Waals surface area (Å²) in [5.74, 6) is -1.53. The molecule has 0 fully saturated rings. The number of alkyl halides is 3. The number of nitrogens with one attached hydrogen (secondary N) is 1. The minimum absolute atomic E-state index is 0.00845. The summed E-state index contributed by atoms with van der Waals surface area (Å²) >= 11 is 2.25. The normalized spacial score (nSPS) is 11.7. The van der Waals surface area contributed by atoms with Crippen molar-refractivity contribution in [3.63, 3.8) is 0 Å². The van der Waals surface area contributed by atoms with Gasteiger partial charge in [-0.2, -0.15) is 13.2 Å². The van der Waals surface area contributed by atoms with Crippen LogP contribution in [0.4, 0.5) is 13.2 Å². The van der Waals surface area contributed by atoms with Crippen LogP contribution < -0.4 is 10.2 Å². The minimum Gasteiger partial charge on any atom is -0.455 e. The lowest BCUT2D eigenvalue weighted by Crippen LogP contribution is -2.22. The number of hydrogen-bond donors (Lipinski definition) is 1. The van der Waals surface area contributed by atoms with E-state index in [0.717, 1.165) is 22.3 Å². The molecule has 0 saturated carbocycles. The molecule has 0 bridgehead atoms. The molecule has 3 aromatic heterocycles. The molecule has 5 nitrogen and oxygen atoms in total. The van der Waals surface area contributed by atoms with Crippen molar-refractivity contribution in [3.05, 3.63) is 66.3 Å². The number of carbonyl (C=O) groups is 1. The zero-order valence-electron chi connectivity index (χ0n) is 13.4. The van der Waals surface area contributed by atoms with Gasteiger partial charge in [0.2, 0.25) is 5.76 Å². The van der Waals surface area contributed by atoms with Gasteiger partial charge in [-0.1, -0.05) is 17.4 Å². The molecule has 0 aromatic carbocycles. The lowest BCUT2D eigenvalue weighted by molar-refractivity contribution is -0.153. The van der Waals surface area contributed by atoms with Crippen LogP contribution >= 0.6 is 22.7 Å². The molecule has 3 heterocycles. The highest BCUT2D eigenvalue weighted by molar-refractivity contribution is 7.11. The fourth-order valence-corrected chi connectivity index (χ4v) is 3.86. The molecule has 26 heavy (non-hydrogen) atoms. The summed E-state index contributed by atoms with van der Waals surface area (Å²) in [6, 6.07) is 5.73. The second-order valence-electron chi connectivity index (χ2n) is 5.39. The first-order valence-electron chi connectivity index (χ1n) is 7.42. The van der Waals surface area contributed by atoms with Crippen molar-refractivity contribution < 1.29 is 22.4 Å². The fourth-order valence-electron chi connectivity index (χ4n) is 2.30. The van der Waals surface area contributed by atoms with E-state index in [1.165, 1.54) is 22.0 Å². The van der Waals surface area contributed by atoms with Crippen molar-refractivity contribution >= 4 is 28.6 Å². The Morgan fingerprint density at radius 3 is 2.69 bits per heavy atom. The average molecular weight is 402 g/mol. The summed E-state index contributed by atoms with van der Waals surface area (Å²) in [5.41, 5.74) is 0.383. The monoisotopic (exact) mass is 402 g/mol. The Balaban J connectivity index is 1.76. The first-order valence-corrected chi connectivity index (χ1v) is 9.12. The Hall–Kier alpha value is -2.33. The Kier molecular flexibility index (Phi) is 5.05. The maximum atomic E-state index is 12.6. The third-order valence-electron chi connectivity index (χ3n) is 3.61. The van der Waals surface area contributed by atoms with E-state index in [9.17, 15) is 22.8 Å². The van der Waals surface area contributed by atoms with E-state index in [-0.39, 0.29) is 17.2 Å². The smallest absolute Gasteiger partial charge is 0.449 e. The van der Waals surface area contributed by atoms with E-state index in [1.807, 2.05) is 17.5 Å². The molecule has 0 aliphatic heterocycles. The van der Waals surface area contributed by atoms with E-state index in [4.69, 9.17) is 4.42 Å². The maximum absolute atomic E-state index is 12.6. The number of carbonyl (C=O) groups excluding carboxylic acids is 1. The third kappa shape index (κ3) is 3.91. The molecule has 0 aliphatic carbocycles. The number of nitrogens with zero attached hydrogens (tertiary/aromatic N) is 1. The van der Waals surface area contributed by atoms with Crippen LogP contribution in [0.3, 0.4) is 0 Å². The number of thiophene rings is 1. The molecule has 0 saturated heterocycles. The van der Waals surface area contributed by atoms with Gasteiger partial charge in [0.1, 0.15) is 10.6 Å². The van der Waals surface area contributed by atoms with Gasteiger partial charge in [-0.3, -0.25) is 14.2 Å². The van der Waals surface area contributed by atoms with E-state index < -0.39 is 22.7 Å². The zero-order valence-corrected chi connectivity index (χ0v) is 15.1. The molecular formula is C16H13F3N2O3S2. The molecule has 3 aromatic rings. The standard InChI is InChI=1S/C16H13F3N2O3S2/c1-9-13(14(22)20-7-11-3-2-6-25-11)26-15(23)21(9)8-10-4-5-12(24-10)16(17,18)19/h2-6H,7-8H2,1H3,(H,20,22). The summed E-state index contributed by atoms with van der Waals surface area (Å²) in [5, 5.41) is 4.62. The SMILES string of the molecule is Cc1c(C(=O)NCc2cccs2)sc(=O)n1Cc1ccc(C(F)(F)F)o1. The molecule has 1 amide bonds. The molecule has 1 N–H and O–H groups in total. The van der Waals surface area contributed by atoms with Gasteiger partial charge >= 0.3 is 11.0 Å². The summed E-state index contributed by atoms with van der Waals surface area (Å²) in [4.78, 5) is 25.2. The Labute approximate surface area is 153 Å². The molecule has 3 rings (SSSR count). The van der Waals surface area contributed by atoms with Crippen LogP contribution in [0.5, 0.6) is 0 Å². The van der Waals surface area contributed by atoms with Gasteiger partial charge in [0.25, 0.3) is 5.91 Å². The van der Waals surface area contributed by atoms with Gasteiger partial charge in [-0.25, -0.2) is 0 Å². The Bertz CT molecular complexity index is 968. The predicted molar refractivity (Wildman–Crippen MR) is 91.6 cm³/mol. The molecule has 0 radical (unpaired) electrons. The summed E-state index contributed by atoms with van der Waals surface area (Å²) in [7, 11) is 0. The Morgan fingerprint density at radius 2 is 2.08 bits per heavy atom. The highest BCUT2D eigenvalue weighted by atomic mass is 32.1. The highest BCUT2D eigenvalue weighted by Crippen LogP contribution is 2.30. The largest absolute Gasteiger partial charge is 0.455 e. The van der Waals surface area contributed by atoms with Crippen molar-refractivity contribution in [3.8, 4) is 0 Å². The van der Waals surface area contributed by atoms with Crippen LogP contribution in [0.25, 0.3) is 0 Å². The van der Waals surface area contributed by atoms with Crippen molar-refractivity contribution in [2.75, 3.05) is 0 Å². The van der Waals surface area contributed by atoms with Gasteiger partial charge < -0.3 is 9.73 Å². The number of hydrogen-bond acceptors (Lipinski definition) is 5. The van der Waals surface area contributed by atoms with Crippen molar-refractivity contribution in [2.24, 2.45) is 0 Å². The lowest BCUT2D eigenvalue weighted by atomic mass is 10.3. The first kappa shape index (κ1) is 18.5. The number of aromatic nitrogens is 1. The van der Waals surface area contributed by atoms with Gasteiger partial charge in [0.15, 0.2) is 0 Å². The number of furan rings is 1. The fraction of sp³-hybridized carbons (Fsp3) is 0.250. The van der Waals surface area contributed by atoms with Crippen molar-refractivity contribution in [1.82, 2.24) is 9.88 Å². The van der Waals surface area contributed by atoms with E-state index in [2.05, 4.69) is 5.32 Å². The number of amides is 1. The maximum Gasteiger partial charge on any atom is 0.449 e. The second-order valence-corrected chi connectivity index (χ2v) is 7.39. The van der Waals surface area contributed by atoms with Gasteiger partial charge in [0.05, 0.1) is 13.1 Å². The quantitative estimate of drug-likeness (QED) is 0.705. The average Bonchev–Trinajstić information content (AvgIpc) is 3.29. The molecule has 0 unspecified atom stereocenters.